The minimum absolute atomic E-state index is 0.0696. The Labute approximate surface area is 95.3 Å². The van der Waals surface area contributed by atoms with Crippen molar-refractivity contribution in [2.24, 2.45) is 27.2 Å². The smallest absolute Gasteiger partial charge is 0.218 e. The lowest BCUT2D eigenvalue weighted by atomic mass is 10.3. The van der Waals surface area contributed by atoms with E-state index in [0.717, 1.165) is 32.8 Å². The van der Waals surface area contributed by atoms with Crippen molar-refractivity contribution in [3.05, 3.63) is 0 Å². The number of aliphatic imine (C=N–C) groups is 2. The predicted molar refractivity (Wildman–Crippen MR) is 64.2 cm³/mol. The molecule has 0 aromatic carbocycles. The van der Waals surface area contributed by atoms with Crippen molar-refractivity contribution < 1.29 is 4.74 Å². The number of morpholine rings is 1. The molecule has 1 heterocycles. The van der Waals surface area contributed by atoms with Crippen molar-refractivity contribution in [1.29, 1.82) is 0 Å². The van der Waals surface area contributed by atoms with Gasteiger partial charge in [0.15, 0.2) is 5.96 Å². The molecule has 92 valence electrons. The van der Waals surface area contributed by atoms with E-state index in [1.54, 1.807) is 0 Å². The Balaban J connectivity index is 2.39. The van der Waals surface area contributed by atoms with Crippen LogP contribution in [0.2, 0.25) is 0 Å². The topological polar surface area (TPSA) is 115 Å². The van der Waals surface area contributed by atoms with Crippen LogP contribution in [0.5, 0.6) is 0 Å². The molecule has 16 heavy (non-hydrogen) atoms. The van der Waals surface area contributed by atoms with Crippen molar-refractivity contribution >= 4 is 11.9 Å². The molecular weight excluding hydrogens is 208 g/mol. The molecule has 0 saturated carbocycles. The molecule has 1 fully saturated rings. The largest absolute Gasteiger partial charge is 0.379 e. The highest BCUT2D eigenvalue weighted by atomic mass is 16.5. The molecule has 1 atom stereocenters. The predicted octanol–water partition coefficient (Wildman–Crippen LogP) is -1.70. The third kappa shape index (κ3) is 4.94. The SMILES string of the molecule is CC(CN1CCOCC1)N=C(N)N=C(N)N. The lowest BCUT2D eigenvalue weighted by Gasteiger charge is -2.27. The first-order valence-corrected chi connectivity index (χ1v) is 5.31. The zero-order chi connectivity index (χ0) is 12.0. The van der Waals surface area contributed by atoms with Crippen LogP contribution >= 0.6 is 0 Å². The van der Waals surface area contributed by atoms with Gasteiger partial charge < -0.3 is 21.9 Å². The molecule has 0 bridgehead atoms. The maximum Gasteiger partial charge on any atom is 0.218 e. The van der Waals surface area contributed by atoms with Crippen molar-refractivity contribution in [2.45, 2.75) is 13.0 Å². The van der Waals surface area contributed by atoms with Crippen LogP contribution in [0.15, 0.2) is 9.98 Å². The number of nitrogens with zero attached hydrogens (tertiary/aromatic N) is 3. The lowest BCUT2D eigenvalue weighted by Crippen LogP contribution is -2.40. The van der Waals surface area contributed by atoms with Gasteiger partial charge in [0.2, 0.25) is 5.96 Å². The average molecular weight is 228 g/mol. The molecule has 0 aromatic heterocycles. The summed E-state index contributed by atoms with van der Waals surface area (Å²) in [5, 5.41) is 0. The number of ether oxygens (including phenoxy) is 1. The summed E-state index contributed by atoms with van der Waals surface area (Å²) in [5.74, 6) is 0.0561. The first kappa shape index (κ1) is 12.7. The second-order valence-corrected chi connectivity index (χ2v) is 3.79. The van der Waals surface area contributed by atoms with Gasteiger partial charge in [-0.2, -0.15) is 4.99 Å². The van der Waals surface area contributed by atoms with E-state index in [9.17, 15) is 0 Å². The Morgan fingerprint density at radius 3 is 2.50 bits per heavy atom. The third-order valence-corrected chi connectivity index (χ3v) is 2.22. The quantitative estimate of drug-likeness (QED) is 0.393. The Morgan fingerprint density at radius 1 is 1.31 bits per heavy atom. The van der Waals surface area contributed by atoms with E-state index >= 15 is 0 Å². The van der Waals surface area contributed by atoms with Crippen molar-refractivity contribution in [3.63, 3.8) is 0 Å². The maximum atomic E-state index is 5.54. The second kappa shape index (κ2) is 6.29. The van der Waals surface area contributed by atoms with Gasteiger partial charge in [-0.15, -0.1) is 0 Å². The number of guanidine groups is 2. The molecule has 0 spiro atoms. The van der Waals surface area contributed by atoms with Gasteiger partial charge in [0.1, 0.15) is 0 Å². The maximum absolute atomic E-state index is 5.54. The van der Waals surface area contributed by atoms with Gasteiger partial charge in [-0.1, -0.05) is 0 Å². The van der Waals surface area contributed by atoms with Gasteiger partial charge >= 0.3 is 0 Å². The highest BCUT2D eigenvalue weighted by Gasteiger charge is 2.13. The molecule has 1 aliphatic rings. The van der Waals surface area contributed by atoms with Crippen molar-refractivity contribution in [1.82, 2.24) is 4.90 Å². The Hall–Kier alpha value is -1.34. The molecule has 0 amide bonds. The summed E-state index contributed by atoms with van der Waals surface area (Å²) in [6.45, 7) is 6.23. The van der Waals surface area contributed by atoms with E-state index in [2.05, 4.69) is 14.9 Å². The monoisotopic (exact) mass is 228 g/mol. The van der Waals surface area contributed by atoms with Crippen LogP contribution in [0.3, 0.4) is 0 Å². The molecule has 1 unspecified atom stereocenters. The average Bonchev–Trinajstić information content (AvgIpc) is 2.17. The molecule has 1 saturated heterocycles. The van der Waals surface area contributed by atoms with E-state index in [1.807, 2.05) is 6.92 Å². The summed E-state index contributed by atoms with van der Waals surface area (Å²) in [4.78, 5) is 10.1. The van der Waals surface area contributed by atoms with E-state index in [-0.39, 0.29) is 18.0 Å². The first-order chi connectivity index (χ1) is 7.58. The molecular formula is C9H20N6O. The molecule has 7 nitrogen and oxygen atoms in total. The fraction of sp³-hybridized carbons (Fsp3) is 0.778. The van der Waals surface area contributed by atoms with Crippen LogP contribution in [0, 0.1) is 0 Å². The second-order valence-electron chi connectivity index (χ2n) is 3.79. The minimum Gasteiger partial charge on any atom is -0.379 e. The van der Waals surface area contributed by atoms with Gasteiger partial charge in [-0.05, 0) is 6.92 Å². The van der Waals surface area contributed by atoms with Crippen LogP contribution in [0.25, 0.3) is 0 Å². The first-order valence-electron chi connectivity index (χ1n) is 5.31. The Kier molecular flexibility index (Phi) is 5.00. The number of hydrogen-bond acceptors (Lipinski definition) is 3. The van der Waals surface area contributed by atoms with Crippen LogP contribution in [-0.2, 0) is 4.74 Å². The van der Waals surface area contributed by atoms with Gasteiger partial charge in [0, 0.05) is 19.6 Å². The standard InChI is InChI=1S/C9H20N6O/c1-7(13-9(12)14-8(10)11)6-15-2-4-16-5-3-15/h7H,2-6H2,1H3,(H6,10,11,12,13,14). The highest BCUT2D eigenvalue weighted by molar-refractivity contribution is 5.92. The molecule has 1 rings (SSSR count). The summed E-state index contributed by atoms with van der Waals surface area (Å²) in [6, 6.07) is 0.0706. The molecule has 0 radical (unpaired) electrons. The van der Waals surface area contributed by atoms with Gasteiger partial charge in [-0.3, -0.25) is 4.90 Å². The Morgan fingerprint density at radius 2 is 1.94 bits per heavy atom. The van der Waals surface area contributed by atoms with Gasteiger partial charge in [-0.25, -0.2) is 4.99 Å². The molecule has 1 aliphatic heterocycles. The van der Waals surface area contributed by atoms with E-state index in [0.29, 0.717) is 0 Å². The lowest BCUT2D eigenvalue weighted by molar-refractivity contribution is 0.0361. The minimum atomic E-state index is -0.0696. The summed E-state index contributed by atoms with van der Waals surface area (Å²) in [5.41, 5.74) is 15.9. The van der Waals surface area contributed by atoms with Crippen LogP contribution in [0.1, 0.15) is 6.92 Å². The molecule has 6 N–H and O–H groups in total. The summed E-state index contributed by atoms with van der Waals surface area (Å²) < 4.78 is 5.26. The van der Waals surface area contributed by atoms with Crippen LogP contribution < -0.4 is 17.2 Å². The highest BCUT2D eigenvalue weighted by Crippen LogP contribution is 2.00. The zero-order valence-corrected chi connectivity index (χ0v) is 9.59. The third-order valence-electron chi connectivity index (χ3n) is 2.22. The van der Waals surface area contributed by atoms with E-state index in [1.165, 1.54) is 0 Å². The number of rotatable bonds is 3. The number of nitrogens with two attached hydrogens (primary N) is 3. The van der Waals surface area contributed by atoms with Gasteiger partial charge in [0.25, 0.3) is 0 Å². The van der Waals surface area contributed by atoms with E-state index < -0.39 is 0 Å². The molecule has 0 aliphatic carbocycles. The fourth-order valence-corrected chi connectivity index (χ4v) is 1.59. The summed E-state index contributed by atoms with van der Waals surface area (Å²) >= 11 is 0. The Bertz CT molecular complexity index is 267. The summed E-state index contributed by atoms with van der Waals surface area (Å²) in [6.07, 6.45) is 0. The fourth-order valence-electron chi connectivity index (χ4n) is 1.59. The molecule has 7 heteroatoms. The van der Waals surface area contributed by atoms with Crippen LogP contribution in [-0.4, -0.2) is 55.7 Å². The van der Waals surface area contributed by atoms with Crippen LogP contribution in [0.4, 0.5) is 0 Å². The number of hydrogen-bond donors (Lipinski definition) is 3. The molecule has 0 aromatic rings. The van der Waals surface area contributed by atoms with Crippen molar-refractivity contribution in [3.8, 4) is 0 Å². The normalized spacial score (nSPS) is 20.4. The van der Waals surface area contributed by atoms with E-state index in [4.69, 9.17) is 21.9 Å². The summed E-state index contributed by atoms with van der Waals surface area (Å²) in [7, 11) is 0. The van der Waals surface area contributed by atoms with Gasteiger partial charge in [0.05, 0.1) is 19.3 Å². The van der Waals surface area contributed by atoms with Crippen molar-refractivity contribution in [2.75, 3.05) is 32.8 Å². The zero-order valence-electron chi connectivity index (χ0n) is 9.59.